The molecule has 1 aromatic heterocycles. The van der Waals surface area contributed by atoms with Gasteiger partial charge in [-0.15, -0.1) is 11.3 Å². The van der Waals surface area contributed by atoms with Gasteiger partial charge in [-0.3, -0.25) is 0 Å². The molecule has 2 heteroatoms. The van der Waals surface area contributed by atoms with Gasteiger partial charge < -0.3 is 4.90 Å². The second-order valence-corrected chi connectivity index (χ2v) is 21.1. The first-order valence-corrected chi connectivity index (χ1v) is 24.7. The lowest BCUT2D eigenvalue weighted by atomic mass is 9.82. The van der Waals surface area contributed by atoms with E-state index in [0.717, 1.165) is 5.69 Å². The van der Waals surface area contributed by atoms with Crippen molar-refractivity contribution in [3.05, 3.63) is 235 Å². The second-order valence-electron chi connectivity index (χ2n) is 20.0. The summed E-state index contributed by atoms with van der Waals surface area (Å²) in [7, 11) is 0. The minimum Gasteiger partial charge on any atom is -0.310 e. The van der Waals surface area contributed by atoms with Crippen LogP contribution < -0.4 is 4.90 Å². The van der Waals surface area contributed by atoms with Crippen LogP contribution in [-0.2, 0) is 10.8 Å². The minimum atomic E-state index is -0.117. The molecule has 1 nitrogen and oxygen atoms in total. The van der Waals surface area contributed by atoms with Gasteiger partial charge in [0.05, 0.1) is 0 Å². The van der Waals surface area contributed by atoms with E-state index in [4.69, 9.17) is 0 Å². The van der Waals surface area contributed by atoms with Crippen molar-refractivity contribution in [3.63, 3.8) is 0 Å². The van der Waals surface area contributed by atoms with Crippen LogP contribution in [0.3, 0.4) is 0 Å². The van der Waals surface area contributed by atoms with E-state index < -0.39 is 0 Å². The summed E-state index contributed by atoms with van der Waals surface area (Å²) in [6.07, 6.45) is 0. The van der Waals surface area contributed by atoms with Gasteiger partial charge in [-0.05, 0) is 160 Å². The van der Waals surface area contributed by atoms with Gasteiger partial charge in [0.15, 0.2) is 0 Å². The molecule has 14 rings (SSSR count). The van der Waals surface area contributed by atoms with E-state index in [-0.39, 0.29) is 10.8 Å². The van der Waals surface area contributed by atoms with E-state index >= 15 is 0 Å². The summed E-state index contributed by atoms with van der Waals surface area (Å²) in [5.74, 6) is 0. The van der Waals surface area contributed by atoms with Crippen molar-refractivity contribution in [2.24, 2.45) is 0 Å². The van der Waals surface area contributed by atoms with Crippen molar-refractivity contribution >= 4 is 80.9 Å². The van der Waals surface area contributed by atoms with Crippen molar-refractivity contribution in [1.29, 1.82) is 0 Å². The van der Waals surface area contributed by atoms with Crippen LogP contribution in [0.5, 0.6) is 0 Å². The zero-order valence-electron chi connectivity index (χ0n) is 38.6. The number of fused-ring (bicyclic) bond motifs is 12. The molecule has 0 fully saturated rings. The molecule has 0 radical (unpaired) electrons. The van der Waals surface area contributed by atoms with Gasteiger partial charge in [0.25, 0.3) is 0 Å². The number of rotatable bonds is 5. The van der Waals surface area contributed by atoms with Crippen LogP contribution in [0, 0.1) is 0 Å². The maximum atomic E-state index is 2.49. The molecule has 0 atom stereocenters. The lowest BCUT2D eigenvalue weighted by Crippen LogP contribution is -2.18. The summed E-state index contributed by atoms with van der Waals surface area (Å²) in [4.78, 5) is 2.49. The summed E-state index contributed by atoms with van der Waals surface area (Å²) in [6, 6.07) is 80.2. The summed E-state index contributed by atoms with van der Waals surface area (Å²) in [5.41, 5.74) is 19.1. The lowest BCUT2D eigenvalue weighted by Gasteiger charge is -2.30. The van der Waals surface area contributed by atoms with Crippen LogP contribution in [-0.4, -0.2) is 0 Å². The molecular formula is C66H47NS. The van der Waals surface area contributed by atoms with Crippen LogP contribution in [0.1, 0.15) is 49.9 Å². The topological polar surface area (TPSA) is 3.24 Å². The van der Waals surface area contributed by atoms with Crippen LogP contribution in [0.2, 0.25) is 0 Å². The summed E-state index contributed by atoms with van der Waals surface area (Å²) >= 11 is 1.87. The van der Waals surface area contributed by atoms with Crippen molar-refractivity contribution in [1.82, 2.24) is 0 Å². The third-order valence-electron chi connectivity index (χ3n) is 15.6. The molecule has 0 amide bonds. The molecule has 2 aliphatic rings. The molecule has 68 heavy (non-hydrogen) atoms. The summed E-state index contributed by atoms with van der Waals surface area (Å²) in [6.45, 7) is 9.50. The van der Waals surface area contributed by atoms with E-state index in [1.165, 1.54) is 131 Å². The number of anilines is 3. The minimum absolute atomic E-state index is 0.117. The fourth-order valence-corrected chi connectivity index (χ4v) is 13.4. The molecular weight excluding hydrogens is 839 g/mol. The van der Waals surface area contributed by atoms with Crippen molar-refractivity contribution in [3.8, 4) is 44.5 Å². The summed E-state index contributed by atoms with van der Waals surface area (Å²) in [5, 5.41) is 10.1. The van der Waals surface area contributed by atoms with E-state index in [0.29, 0.717) is 0 Å². The molecule has 0 unspecified atom stereocenters. The first-order valence-electron chi connectivity index (χ1n) is 23.9. The Balaban J connectivity index is 0.923. The Morgan fingerprint density at radius 3 is 1.31 bits per heavy atom. The van der Waals surface area contributed by atoms with Gasteiger partial charge >= 0.3 is 0 Å². The van der Waals surface area contributed by atoms with Gasteiger partial charge in [0.1, 0.15) is 0 Å². The maximum absolute atomic E-state index is 2.49. The Bertz CT molecular complexity index is 3940. The zero-order chi connectivity index (χ0) is 45.5. The molecule has 1 heterocycles. The van der Waals surface area contributed by atoms with Gasteiger partial charge in [0, 0.05) is 48.1 Å². The van der Waals surface area contributed by atoms with E-state index in [1.807, 2.05) is 11.3 Å². The van der Waals surface area contributed by atoms with Crippen molar-refractivity contribution in [2.45, 2.75) is 38.5 Å². The van der Waals surface area contributed by atoms with Gasteiger partial charge in [-0.1, -0.05) is 179 Å². The lowest BCUT2D eigenvalue weighted by molar-refractivity contribution is 0.660. The number of benzene rings is 11. The largest absolute Gasteiger partial charge is 0.310 e. The smallest absolute Gasteiger partial charge is 0.0468 e. The standard InChI is InChI=1S/C66H47NS/c1-65(2)57-22-12-9-15-47(57)49-32-30-45(38-59(49)65)67(46-31-33-50-48-16-10-13-23-58(48)66(3,4)60(50)39-46)44-29-27-40-35-42(26-25-41(40)36-44)63-52-18-5-7-20-54(52)64(55-21-8-6-19-53(55)63)43-28-34-62-56(37-43)51-17-11-14-24-61(51)68-62/h5-39H,1-4H3. The van der Waals surface area contributed by atoms with Crippen LogP contribution in [0.15, 0.2) is 212 Å². The molecule has 0 bridgehead atoms. The molecule has 0 N–H and O–H groups in total. The highest BCUT2D eigenvalue weighted by Crippen LogP contribution is 2.54. The monoisotopic (exact) mass is 885 g/mol. The first-order chi connectivity index (χ1) is 33.2. The van der Waals surface area contributed by atoms with E-state index in [1.54, 1.807) is 0 Å². The Kier molecular flexibility index (Phi) is 8.32. The second kappa shape index (κ2) is 14.4. The third kappa shape index (κ3) is 5.62. The van der Waals surface area contributed by atoms with Crippen LogP contribution in [0.25, 0.3) is 97.0 Å². The van der Waals surface area contributed by atoms with Crippen LogP contribution in [0.4, 0.5) is 17.1 Å². The van der Waals surface area contributed by atoms with Gasteiger partial charge in [0.2, 0.25) is 0 Å². The molecule has 0 saturated carbocycles. The molecule has 0 spiro atoms. The number of hydrogen-bond donors (Lipinski definition) is 0. The van der Waals surface area contributed by atoms with Crippen LogP contribution >= 0.6 is 11.3 Å². The zero-order valence-corrected chi connectivity index (χ0v) is 39.4. The maximum Gasteiger partial charge on any atom is 0.0468 e. The fourth-order valence-electron chi connectivity index (χ4n) is 12.3. The van der Waals surface area contributed by atoms with Gasteiger partial charge in [-0.25, -0.2) is 0 Å². The average Bonchev–Trinajstić information content (AvgIpc) is 3.94. The Hall–Kier alpha value is -7.78. The number of nitrogens with zero attached hydrogens (tertiary/aromatic N) is 1. The van der Waals surface area contributed by atoms with Gasteiger partial charge in [-0.2, -0.15) is 0 Å². The van der Waals surface area contributed by atoms with Crippen molar-refractivity contribution in [2.75, 3.05) is 4.90 Å². The highest BCUT2D eigenvalue weighted by Gasteiger charge is 2.38. The molecule has 0 saturated heterocycles. The first kappa shape index (κ1) is 39.4. The number of thiophene rings is 1. The Morgan fingerprint density at radius 1 is 0.309 bits per heavy atom. The summed E-state index contributed by atoms with van der Waals surface area (Å²) < 4.78 is 2.66. The van der Waals surface area contributed by atoms with Crippen molar-refractivity contribution < 1.29 is 0 Å². The fraction of sp³-hybridized carbons (Fsp3) is 0.0909. The molecule has 0 aliphatic heterocycles. The SMILES string of the molecule is CC1(C)c2ccccc2-c2ccc(N(c3ccc4c(c3)C(C)(C)c3ccccc3-4)c3ccc4cc(-c5c6ccccc6c(-c6ccc7sc8ccccc8c7c6)c6ccccc56)ccc4c3)cc21. The molecule has 12 aromatic rings. The molecule has 11 aromatic carbocycles. The predicted molar refractivity (Wildman–Crippen MR) is 293 cm³/mol. The quantitative estimate of drug-likeness (QED) is 0.156. The Labute approximate surface area is 401 Å². The Morgan fingerprint density at radius 2 is 0.721 bits per heavy atom. The average molecular weight is 886 g/mol. The van der Waals surface area contributed by atoms with E-state index in [2.05, 4.69) is 245 Å². The number of hydrogen-bond acceptors (Lipinski definition) is 2. The molecule has 322 valence electrons. The highest BCUT2D eigenvalue weighted by molar-refractivity contribution is 7.25. The molecule has 2 aliphatic carbocycles. The predicted octanol–water partition coefficient (Wildman–Crippen LogP) is 18.9. The normalized spacial score (nSPS) is 14.1. The third-order valence-corrected chi connectivity index (χ3v) is 16.8. The van der Waals surface area contributed by atoms with E-state index in [9.17, 15) is 0 Å². The highest BCUT2D eigenvalue weighted by atomic mass is 32.1.